The zero-order valence-electron chi connectivity index (χ0n) is 12.5. The van der Waals surface area contributed by atoms with Crippen LogP contribution < -0.4 is 5.32 Å². The fourth-order valence-electron chi connectivity index (χ4n) is 3.06. The summed E-state index contributed by atoms with van der Waals surface area (Å²) in [5.41, 5.74) is 0.794. The SMILES string of the molecule is O=C(NCCCN1CCCCC1)c1cc(Br)cn1C1CC1. The van der Waals surface area contributed by atoms with Crippen LogP contribution in [-0.4, -0.2) is 41.6 Å². The lowest BCUT2D eigenvalue weighted by Gasteiger charge is -2.26. The second kappa shape index (κ2) is 6.97. The summed E-state index contributed by atoms with van der Waals surface area (Å²) in [7, 11) is 0. The molecule has 1 aliphatic heterocycles. The zero-order chi connectivity index (χ0) is 14.7. The molecule has 21 heavy (non-hydrogen) atoms. The van der Waals surface area contributed by atoms with Crippen molar-refractivity contribution in [2.45, 2.75) is 44.6 Å². The fourth-order valence-corrected chi connectivity index (χ4v) is 3.50. The van der Waals surface area contributed by atoms with Gasteiger partial charge in [-0.2, -0.15) is 0 Å². The summed E-state index contributed by atoms with van der Waals surface area (Å²) < 4.78 is 3.11. The van der Waals surface area contributed by atoms with Crippen molar-refractivity contribution >= 4 is 21.8 Å². The molecular weight excluding hydrogens is 330 g/mol. The number of nitrogens with zero attached hydrogens (tertiary/aromatic N) is 2. The van der Waals surface area contributed by atoms with E-state index in [0.29, 0.717) is 6.04 Å². The molecule has 1 amide bonds. The van der Waals surface area contributed by atoms with Crippen molar-refractivity contribution in [3.63, 3.8) is 0 Å². The highest BCUT2D eigenvalue weighted by Crippen LogP contribution is 2.37. The zero-order valence-corrected chi connectivity index (χ0v) is 14.1. The Morgan fingerprint density at radius 3 is 2.76 bits per heavy atom. The molecule has 1 saturated heterocycles. The third kappa shape index (κ3) is 4.10. The molecule has 1 aliphatic carbocycles. The minimum Gasteiger partial charge on any atom is -0.351 e. The monoisotopic (exact) mass is 353 g/mol. The number of piperidine rings is 1. The first-order chi connectivity index (χ1) is 10.2. The molecule has 5 heteroatoms. The van der Waals surface area contributed by atoms with E-state index in [0.717, 1.165) is 29.7 Å². The third-order valence-electron chi connectivity index (χ3n) is 4.37. The van der Waals surface area contributed by atoms with E-state index in [4.69, 9.17) is 0 Å². The molecule has 3 rings (SSSR count). The van der Waals surface area contributed by atoms with Gasteiger partial charge >= 0.3 is 0 Å². The number of halogens is 1. The number of hydrogen-bond donors (Lipinski definition) is 1. The van der Waals surface area contributed by atoms with Gasteiger partial charge < -0.3 is 14.8 Å². The van der Waals surface area contributed by atoms with Crippen LogP contribution in [-0.2, 0) is 0 Å². The van der Waals surface area contributed by atoms with Gasteiger partial charge in [-0.05, 0) is 73.7 Å². The maximum absolute atomic E-state index is 12.3. The summed E-state index contributed by atoms with van der Waals surface area (Å²) in [6, 6.07) is 2.46. The Balaban J connectivity index is 1.43. The normalized spacial score (nSPS) is 19.7. The van der Waals surface area contributed by atoms with Crippen LogP contribution in [0.25, 0.3) is 0 Å². The van der Waals surface area contributed by atoms with Crippen LogP contribution in [0.5, 0.6) is 0 Å². The molecule has 2 aliphatic rings. The van der Waals surface area contributed by atoms with E-state index >= 15 is 0 Å². The van der Waals surface area contributed by atoms with Crippen LogP contribution in [0, 0.1) is 0 Å². The number of rotatable bonds is 6. The smallest absolute Gasteiger partial charge is 0.267 e. The van der Waals surface area contributed by atoms with Gasteiger partial charge in [0, 0.05) is 23.3 Å². The highest BCUT2D eigenvalue weighted by Gasteiger charge is 2.27. The number of carbonyl (C=O) groups excluding carboxylic acids is 1. The van der Waals surface area contributed by atoms with Crippen molar-refractivity contribution in [1.82, 2.24) is 14.8 Å². The molecule has 0 spiro atoms. The Bertz CT molecular complexity index is 490. The molecule has 1 saturated carbocycles. The highest BCUT2D eigenvalue weighted by molar-refractivity contribution is 9.10. The molecule has 2 heterocycles. The molecule has 0 aromatic carbocycles. The van der Waals surface area contributed by atoms with Crippen molar-refractivity contribution < 1.29 is 4.79 Å². The lowest BCUT2D eigenvalue weighted by atomic mass is 10.1. The largest absolute Gasteiger partial charge is 0.351 e. The van der Waals surface area contributed by atoms with Crippen molar-refractivity contribution in [1.29, 1.82) is 0 Å². The maximum atomic E-state index is 12.3. The van der Waals surface area contributed by atoms with Crippen LogP contribution in [0.2, 0.25) is 0 Å². The Morgan fingerprint density at radius 2 is 2.05 bits per heavy atom. The molecule has 1 N–H and O–H groups in total. The highest BCUT2D eigenvalue weighted by atomic mass is 79.9. The summed E-state index contributed by atoms with van der Waals surface area (Å²) in [4.78, 5) is 14.8. The summed E-state index contributed by atoms with van der Waals surface area (Å²) in [6.45, 7) is 4.33. The molecule has 0 bridgehead atoms. The van der Waals surface area contributed by atoms with Gasteiger partial charge in [-0.1, -0.05) is 6.42 Å². The van der Waals surface area contributed by atoms with Gasteiger partial charge in [-0.3, -0.25) is 4.79 Å². The third-order valence-corrected chi connectivity index (χ3v) is 4.81. The van der Waals surface area contributed by atoms with Crippen molar-refractivity contribution in [2.75, 3.05) is 26.2 Å². The van der Waals surface area contributed by atoms with Gasteiger partial charge in [0.15, 0.2) is 0 Å². The number of amides is 1. The van der Waals surface area contributed by atoms with Crippen LogP contribution in [0.4, 0.5) is 0 Å². The second-order valence-electron chi connectivity index (χ2n) is 6.19. The van der Waals surface area contributed by atoms with Crippen molar-refractivity contribution in [2.24, 2.45) is 0 Å². The van der Waals surface area contributed by atoms with Gasteiger partial charge in [0.25, 0.3) is 5.91 Å². The summed E-state index contributed by atoms with van der Waals surface area (Å²) in [5, 5.41) is 3.07. The van der Waals surface area contributed by atoms with E-state index in [1.54, 1.807) is 0 Å². The van der Waals surface area contributed by atoms with E-state index in [-0.39, 0.29) is 5.91 Å². The predicted molar refractivity (Wildman–Crippen MR) is 87.6 cm³/mol. The lowest BCUT2D eigenvalue weighted by Crippen LogP contribution is -2.33. The quantitative estimate of drug-likeness (QED) is 0.797. The van der Waals surface area contributed by atoms with Crippen molar-refractivity contribution in [3.05, 3.63) is 22.4 Å². The number of carbonyl (C=O) groups is 1. The number of aromatic nitrogens is 1. The van der Waals surface area contributed by atoms with Crippen LogP contribution >= 0.6 is 15.9 Å². The number of likely N-dealkylation sites (tertiary alicyclic amines) is 1. The molecular formula is C16H24BrN3O. The minimum absolute atomic E-state index is 0.0613. The van der Waals surface area contributed by atoms with Gasteiger partial charge in [0.2, 0.25) is 0 Å². The Hall–Kier alpha value is -0.810. The topological polar surface area (TPSA) is 37.3 Å². The predicted octanol–water partition coefficient (Wildman–Crippen LogP) is 3.19. The average molecular weight is 354 g/mol. The first kappa shape index (κ1) is 15.1. The summed E-state index contributed by atoms with van der Waals surface area (Å²) in [6.07, 6.45) is 9.48. The molecule has 0 unspecified atom stereocenters. The van der Waals surface area contributed by atoms with E-state index in [1.165, 1.54) is 45.2 Å². The van der Waals surface area contributed by atoms with Gasteiger partial charge in [-0.25, -0.2) is 0 Å². The first-order valence-electron chi connectivity index (χ1n) is 8.12. The van der Waals surface area contributed by atoms with Gasteiger partial charge in [-0.15, -0.1) is 0 Å². The van der Waals surface area contributed by atoms with Crippen LogP contribution in [0.1, 0.15) is 55.1 Å². The first-order valence-corrected chi connectivity index (χ1v) is 8.91. The number of hydrogen-bond acceptors (Lipinski definition) is 2. The van der Waals surface area contributed by atoms with Gasteiger partial charge in [0.05, 0.1) is 0 Å². The standard InChI is InChI=1S/C16H24BrN3O/c17-13-11-15(20(12-13)14-5-6-14)16(21)18-7-4-10-19-8-2-1-3-9-19/h11-12,14H,1-10H2,(H,18,21). The van der Waals surface area contributed by atoms with Crippen LogP contribution in [0.3, 0.4) is 0 Å². The van der Waals surface area contributed by atoms with Crippen LogP contribution in [0.15, 0.2) is 16.7 Å². The molecule has 2 fully saturated rings. The fraction of sp³-hybridized carbons (Fsp3) is 0.688. The molecule has 4 nitrogen and oxygen atoms in total. The van der Waals surface area contributed by atoms with E-state index in [9.17, 15) is 4.79 Å². The minimum atomic E-state index is 0.0613. The number of nitrogens with one attached hydrogen (secondary N) is 1. The van der Waals surface area contributed by atoms with E-state index in [1.807, 2.05) is 12.3 Å². The summed E-state index contributed by atoms with van der Waals surface area (Å²) >= 11 is 3.47. The van der Waals surface area contributed by atoms with E-state index in [2.05, 4.69) is 30.7 Å². The Morgan fingerprint density at radius 1 is 1.29 bits per heavy atom. The average Bonchev–Trinajstić information content (AvgIpc) is 3.27. The molecule has 1 aromatic rings. The molecule has 0 atom stereocenters. The Labute approximate surface area is 135 Å². The van der Waals surface area contributed by atoms with E-state index < -0.39 is 0 Å². The Kier molecular flexibility index (Phi) is 5.01. The van der Waals surface area contributed by atoms with Crippen molar-refractivity contribution in [3.8, 4) is 0 Å². The van der Waals surface area contributed by atoms with Gasteiger partial charge in [0.1, 0.15) is 5.69 Å². The second-order valence-corrected chi connectivity index (χ2v) is 7.11. The molecule has 0 radical (unpaired) electrons. The maximum Gasteiger partial charge on any atom is 0.267 e. The molecule has 1 aromatic heterocycles. The lowest BCUT2D eigenvalue weighted by molar-refractivity contribution is 0.0941. The molecule has 116 valence electrons. The summed E-state index contributed by atoms with van der Waals surface area (Å²) in [5.74, 6) is 0.0613.